The molecule has 0 spiro atoms. The third-order valence-electron chi connectivity index (χ3n) is 3.86. The van der Waals surface area contributed by atoms with Gasteiger partial charge in [-0.3, -0.25) is 9.59 Å². The summed E-state index contributed by atoms with van der Waals surface area (Å²) in [6.45, 7) is 4.88. The topological polar surface area (TPSA) is 96.0 Å². The molecule has 1 amide bonds. The van der Waals surface area contributed by atoms with Gasteiger partial charge in [-0.15, -0.1) is 0 Å². The highest BCUT2D eigenvalue weighted by molar-refractivity contribution is 5.95. The number of nitrogens with one attached hydrogen (secondary N) is 3. The van der Waals surface area contributed by atoms with E-state index in [1.54, 1.807) is 24.3 Å². The van der Waals surface area contributed by atoms with Gasteiger partial charge in [0, 0.05) is 41.3 Å². The summed E-state index contributed by atoms with van der Waals surface area (Å²) in [5.74, 6) is 0.947. The fourth-order valence-corrected chi connectivity index (χ4v) is 2.62. The Morgan fingerprint density at radius 1 is 0.821 bits per heavy atom. The third kappa shape index (κ3) is 5.14. The first-order valence-corrected chi connectivity index (χ1v) is 8.77. The second-order valence-electron chi connectivity index (χ2n) is 6.36. The van der Waals surface area contributed by atoms with E-state index in [1.807, 2.05) is 37.3 Å². The number of amides is 1. The van der Waals surface area contributed by atoms with Gasteiger partial charge in [0.05, 0.1) is 0 Å². The minimum Gasteiger partial charge on any atom is -0.340 e. The number of nitrogens with zero attached hydrogens (tertiary/aromatic N) is 2. The normalized spacial score (nSPS) is 10.2. The predicted octanol–water partition coefficient (Wildman–Crippen LogP) is 4.43. The molecule has 7 nitrogen and oxygen atoms in total. The van der Waals surface area contributed by atoms with Crippen molar-refractivity contribution in [1.82, 2.24) is 9.97 Å². The predicted molar refractivity (Wildman–Crippen MR) is 111 cm³/mol. The number of ketones is 1. The number of aryl methyl sites for hydroxylation is 1. The number of carbonyl (C=O) groups excluding carboxylic acids is 2. The molecule has 142 valence electrons. The van der Waals surface area contributed by atoms with E-state index in [1.165, 1.54) is 13.8 Å². The molecule has 0 bridgehead atoms. The molecule has 28 heavy (non-hydrogen) atoms. The van der Waals surface area contributed by atoms with Crippen molar-refractivity contribution < 1.29 is 9.59 Å². The van der Waals surface area contributed by atoms with Crippen molar-refractivity contribution in [3.8, 4) is 0 Å². The molecular formula is C21H21N5O2. The maximum atomic E-state index is 11.6. The first-order chi connectivity index (χ1) is 13.4. The lowest BCUT2D eigenvalue weighted by Crippen LogP contribution is -2.06. The molecule has 0 aliphatic rings. The summed E-state index contributed by atoms with van der Waals surface area (Å²) in [4.78, 5) is 31.5. The third-order valence-corrected chi connectivity index (χ3v) is 3.86. The van der Waals surface area contributed by atoms with E-state index in [4.69, 9.17) is 0 Å². The van der Waals surface area contributed by atoms with Gasteiger partial charge in [0.15, 0.2) is 5.78 Å². The minimum absolute atomic E-state index is 0.00702. The molecule has 0 saturated carbocycles. The average Bonchev–Trinajstić information content (AvgIpc) is 2.62. The first-order valence-electron chi connectivity index (χ1n) is 8.77. The minimum atomic E-state index is -0.118. The Bertz CT molecular complexity index is 1020. The lowest BCUT2D eigenvalue weighted by Gasteiger charge is -2.11. The van der Waals surface area contributed by atoms with Crippen LogP contribution >= 0.6 is 0 Å². The number of hydrogen-bond donors (Lipinski definition) is 3. The molecule has 0 aliphatic heterocycles. The summed E-state index contributed by atoms with van der Waals surface area (Å²) in [6, 6.07) is 16.3. The highest BCUT2D eigenvalue weighted by atomic mass is 16.1. The molecule has 3 aromatic rings. The van der Waals surface area contributed by atoms with Crippen LogP contribution in [-0.4, -0.2) is 21.7 Å². The Labute approximate surface area is 163 Å². The van der Waals surface area contributed by atoms with Crippen LogP contribution in [0.1, 0.15) is 29.9 Å². The number of aromatic nitrogens is 2. The van der Waals surface area contributed by atoms with Gasteiger partial charge >= 0.3 is 0 Å². The number of Topliss-reactive ketones (excluding diaryl/α,β-unsaturated/α-hetero) is 1. The molecule has 7 heteroatoms. The lowest BCUT2D eigenvalue weighted by molar-refractivity contribution is -0.114. The second-order valence-corrected chi connectivity index (χ2v) is 6.36. The molecule has 0 fully saturated rings. The van der Waals surface area contributed by atoms with E-state index in [9.17, 15) is 9.59 Å². The van der Waals surface area contributed by atoms with E-state index in [0.29, 0.717) is 17.3 Å². The van der Waals surface area contributed by atoms with Gasteiger partial charge in [-0.2, -0.15) is 4.98 Å². The number of benzene rings is 2. The summed E-state index contributed by atoms with van der Waals surface area (Å²) in [7, 11) is 0. The molecule has 1 aromatic heterocycles. The van der Waals surface area contributed by atoms with E-state index < -0.39 is 0 Å². The molecule has 3 rings (SSSR count). The first kappa shape index (κ1) is 19.0. The summed E-state index contributed by atoms with van der Waals surface area (Å²) >= 11 is 0. The van der Waals surface area contributed by atoms with Gasteiger partial charge in [0.2, 0.25) is 11.9 Å². The van der Waals surface area contributed by atoms with Crippen LogP contribution in [0.5, 0.6) is 0 Å². The van der Waals surface area contributed by atoms with E-state index in [2.05, 4.69) is 25.9 Å². The summed E-state index contributed by atoms with van der Waals surface area (Å²) < 4.78 is 0. The Kier molecular flexibility index (Phi) is 5.64. The van der Waals surface area contributed by atoms with Crippen molar-refractivity contribution in [1.29, 1.82) is 0 Å². The van der Waals surface area contributed by atoms with Crippen LogP contribution < -0.4 is 16.0 Å². The molecular weight excluding hydrogens is 354 g/mol. The van der Waals surface area contributed by atoms with Crippen LogP contribution in [0.2, 0.25) is 0 Å². The largest absolute Gasteiger partial charge is 0.340 e. The second kappa shape index (κ2) is 8.30. The zero-order valence-corrected chi connectivity index (χ0v) is 15.9. The van der Waals surface area contributed by atoms with Crippen LogP contribution in [-0.2, 0) is 4.79 Å². The Hall–Kier alpha value is -3.74. The highest BCUT2D eigenvalue weighted by Gasteiger charge is 2.06. The molecule has 0 unspecified atom stereocenters. The van der Waals surface area contributed by atoms with Crippen LogP contribution in [0.25, 0.3) is 0 Å². The monoisotopic (exact) mass is 375 g/mol. The summed E-state index contributed by atoms with van der Waals surface area (Å²) in [6.07, 6.45) is 0. The van der Waals surface area contributed by atoms with Gasteiger partial charge in [-0.05, 0) is 50.2 Å². The van der Waals surface area contributed by atoms with E-state index in [-0.39, 0.29) is 11.7 Å². The van der Waals surface area contributed by atoms with Crippen molar-refractivity contribution >= 4 is 40.5 Å². The van der Waals surface area contributed by atoms with Crippen molar-refractivity contribution in [2.24, 2.45) is 0 Å². The van der Waals surface area contributed by atoms with Crippen molar-refractivity contribution in [3.63, 3.8) is 0 Å². The van der Waals surface area contributed by atoms with Gasteiger partial charge in [0.25, 0.3) is 0 Å². The number of rotatable bonds is 6. The Morgan fingerprint density at radius 3 is 2.21 bits per heavy atom. The quantitative estimate of drug-likeness (QED) is 0.552. The number of anilines is 5. The van der Waals surface area contributed by atoms with Crippen LogP contribution in [0, 0.1) is 6.92 Å². The molecule has 0 radical (unpaired) electrons. The van der Waals surface area contributed by atoms with Crippen molar-refractivity contribution in [3.05, 3.63) is 65.9 Å². The summed E-state index contributed by atoms with van der Waals surface area (Å²) in [5, 5.41) is 9.08. The van der Waals surface area contributed by atoms with Crippen LogP contribution in [0.4, 0.5) is 28.8 Å². The standard InChI is InChI=1S/C21H21N5O2/c1-13-11-20(24-19-6-4-5-16(12-19)14(2)27)26-21(22-13)25-18-9-7-17(8-10-18)23-15(3)28/h4-12H,1-3H3,(H,23,28)(H2,22,24,25,26). The Morgan fingerprint density at radius 2 is 1.54 bits per heavy atom. The fraction of sp³-hybridized carbons (Fsp3) is 0.143. The number of carbonyl (C=O) groups is 2. The zero-order chi connectivity index (χ0) is 20.1. The molecule has 1 heterocycles. The molecule has 0 saturated heterocycles. The highest BCUT2D eigenvalue weighted by Crippen LogP contribution is 2.21. The maximum Gasteiger partial charge on any atom is 0.229 e. The maximum absolute atomic E-state index is 11.6. The smallest absolute Gasteiger partial charge is 0.229 e. The molecule has 0 aliphatic carbocycles. The van der Waals surface area contributed by atoms with Gasteiger partial charge < -0.3 is 16.0 Å². The SMILES string of the molecule is CC(=O)Nc1ccc(Nc2nc(C)cc(Nc3cccc(C(C)=O)c3)n2)cc1. The van der Waals surface area contributed by atoms with Gasteiger partial charge in [0.1, 0.15) is 5.82 Å². The van der Waals surface area contributed by atoms with E-state index >= 15 is 0 Å². The lowest BCUT2D eigenvalue weighted by atomic mass is 10.1. The van der Waals surface area contributed by atoms with Crippen molar-refractivity contribution in [2.45, 2.75) is 20.8 Å². The van der Waals surface area contributed by atoms with Crippen molar-refractivity contribution in [2.75, 3.05) is 16.0 Å². The molecule has 3 N–H and O–H groups in total. The molecule has 0 atom stereocenters. The fourth-order valence-electron chi connectivity index (χ4n) is 2.62. The average molecular weight is 375 g/mol. The van der Waals surface area contributed by atoms with Crippen LogP contribution in [0.15, 0.2) is 54.6 Å². The van der Waals surface area contributed by atoms with Crippen LogP contribution in [0.3, 0.4) is 0 Å². The zero-order valence-electron chi connectivity index (χ0n) is 15.9. The van der Waals surface area contributed by atoms with Gasteiger partial charge in [-0.25, -0.2) is 4.98 Å². The molecule has 2 aromatic carbocycles. The number of hydrogen-bond acceptors (Lipinski definition) is 6. The van der Waals surface area contributed by atoms with Gasteiger partial charge in [-0.1, -0.05) is 12.1 Å². The van der Waals surface area contributed by atoms with E-state index in [0.717, 1.165) is 22.8 Å². The summed E-state index contributed by atoms with van der Waals surface area (Å²) in [5.41, 5.74) is 3.71. The Balaban J connectivity index is 1.77.